The fourth-order valence-corrected chi connectivity index (χ4v) is 2.63. The standard InChI is InChI=1S/C12H17BrF3N5O/c1-8-10(13)11(12(14,15)16)18-21(8)7-9(22)17-20-5-3-19(2)4-6-20/h3-7H2,1-2H3,(H,17,22). The molecule has 1 amide bonds. The molecule has 0 aromatic carbocycles. The molecule has 1 aromatic heterocycles. The molecule has 22 heavy (non-hydrogen) atoms. The van der Waals surface area contributed by atoms with Crippen LogP contribution in [-0.4, -0.2) is 58.8 Å². The molecule has 1 N–H and O–H groups in total. The van der Waals surface area contributed by atoms with Crippen LogP contribution in [0, 0.1) is 6.92 Å². The highest BCUT2D eigenvalue weighted by molar-refractivity contribution is 9.10. The Labute approximate surface area is 134 Å². The van der Waals surface area contributed by atoms with Crippen LogP contribution in [0.3, 0.4) is 0 Å². The number of hydrazine groups is 1. The van der Waals surface area contributed by atoms with Gasteiger partial charge in [-0.3, -0.25) is 14.9 Å². The minimum Gasteiger partial charge on any atom is -0.304 e. The van der Waals surface area contributed by atoms with Gasteiger partial charge in [0.05, 0.1) is 10.2 Å². The second kappa shape index (κ2) is 6.55. The van der Waals surface area contributed by atoms with E-state index in [2.05, 4.69) is 31.4 Å². The van der Waals surface area contributed by atoms with Crippen LogP contribution in [0.4, 0.5) is 13.2 Å². The fourth-order valence-electron chi connectivity index (χ4n) is 2.13. The van der Waals surface area contributed by atoms with Crippen LogP contribution < -0.4 is 5.43 Å². The summed E-state index contributed by atoms with van der Waals surface area (Å²) in [6.07, 6.45) is -4.55. The lowest BCUT2D eigenvalue weighted by Gasteiger charge is -2.32. The third-order valence-corrected chi connectivity index (χ3v) is 4.43. The molecule has 0 saturated carbocycles. The number of hydrogen-bond donors (Lipinski definition) is 1. The molecule has 2 heterocycles. The molecule has 1 aliphatic rings. The van der Waals surface area contributed by atoms with E-state index in [0.717, 1.165) is 17.8 Å². The minimum atomic E-state index is -4.55. The molecule has 1 saturated heterocycles. The van der Waals surface area contributed by atoms with E-state index in [1.807, 2.05) is 7.05 Å². The average Bonchev–Trinajstić information content (AvgIpc) is 2.69. The van der Waals surface area contributed by atoms with Gasteiger partial charge in [0.2, 0.25) is 0 Å². The van der Waals surface area contributed by atoms with Gasteiger partial charge in [0, 0.05) is 26.2 Å². The Morgan fingerprint density at radius 3 is 2.41 bits per heavy atom. The predicted molar refractivity (Wildman–Crippen MR) is 76.9 cm³/mol. The van der Waals surface area contributed by atoms with E-state index in [1.54, 1.807) is 5.01 Å². The second-order valence-electron chi connectivity index (χ2n) is 5.23. The number of nitrogens with one attached hydrogen (secondary N) is 1. The molecular weight excluding hydrogens is 367 g/mol. The molecule has 1 aliphatic heterocycles. The van der Waals surface area contributed by atoms with E-state index in [4.69, 9.17) is 0 Å². The summed E-state index contributed by atoms with van der Waals surface area (Å²) >= 11 is 2.88. The maximum atomic E-state index is 12.8. The smallest absolute Gasteiger partial charge is 0.304 e. The molecule has 0 atom stereocenters. The van der Waals surface area contributed by atoms with Crippen LogP contribution in [-0.2, 0) is 17.5 Å². The molecule has 1 fully saturated rings. The molecule has 0 spiro atoms. The molecule has 0 aliphatic carbocycles. The maximum Gasteiger partial charge on any atom is 0.436 e. The quantitative estimate of drug-likeness (QED) is 0.853. The highest BCUT2D eigenvalue weighted by atomic mass is 79.9. The molecule has 6 nitrogen and oxygen atoms in total. The first kappa shape index (κ1) is 17.2. The Balaban J connectivity index is 2.00. The summed E-state index contributed by atoms with van der Waals surface area (Å²) in [6, 6.07) is 0. The topological polar surface area (TPSA) is 53.4 Å². The van der Waals surface area contributed by atoms with Gasteiger partial charge in [-0.1, -0.05) is 0 Å². The van der Waals surface area contributed by atoms with Gasteiger partial charge < -0.3 is 4.90 Å². The number of nitrogens with zero attached hydrogens (tertiary/aromatic N) is 4. The Morgan fingerprint density at radius 1 is 1.32 bits per heavy atom. The lowest BCUT2D eigenvalue weighted by Crippen LogP contribution is -2.53. The van der Waals surface area contributed by atoms with E-state index < -0.39 is 17.8 Å². The molecule has 10 heteroatoms. The SMILES string of the molecule is Cc1c(Br)c(C(F)(F)F)nn1CC(=O)NN1CCN(C)CC1. The van der Waals surface area contributed by atoms with Crippen LogP contribution in [0.15, 0.2) is 4.47 Å². The first-order valence-corrected chi connectivity index (χ1v) is 7.51. The number of halogens is 4. The number of hydrogen-bond acceptors (Lipinski definition) is 4. The van der Waals surface area contributed by atoms with Crippen molar-refractivity contribution in [1.29, 1.82) is 0 Å². The van der Waals surface area contributed by atoms with E-state index in [1.165, 1.54) is 6.92 Å². The molecule has 124 valence electrons. The highest BCUT2D eigenvalue weighted by Gasteiger charge is 2.38. The first-order chi connectivity index (χ1) is 10.2. The number of amides is 1. The predicted octanol–water partition coefficient (Wildman–Crippen LogP) is 1.25. The lowest BCUT2D eigenvalue weighted by molar-refractivity contribution is -0.142. The van der Waals surface area contributed by atoms with Gasteiger partial charge in [0.15, 0.2) is 5.69 Å². The summed E-state index contributed by atoms with van der Waals surface area (Å²) < 4.78 is 39.2. The van der Waals surface area contributed by atoms with Crippen molar-refractivity contribution in [1.82, 2.24) is 25.1 Å². The summed E-state index contributed by atoms with van der Waals surface area (Å²) in [4.78, 5) is 14.1. The first-order valence-electron chi connectivity index (χ1n) is 6.71. The molecule has 0 radical (unpaired) electrons. The fraction of sp³-hybridized carbons (Fsp3) is 0.667. The van der Waals surface area contributed by atoms with Crippen molar-refractivity contribution < 1.29 is 18.0 Å². The van der Waals surface area contributed by atoms with E-state index >= 15 is 0 Å². The molecule has 0 bridgehead atoms. The Bertz CT molecular complexity index is 552. The Morgan fingerprint density at radius 2 is 1.91 bits per heavy atom. The van der Waals surface area contributed by atoms with Gasteiger partial charge in [-0.25, -0.2) is 5.01 Å². The van der Waals surface area contributed by atoms with Crippen LogP contribution >= 0.6 is 15.9 Å². The zero-order valence-corrected chi connectivity index (χ0v) is 13.8. The summed E-state index contributed by atoms with van der Waals surface area (Å²) in [5.41, 5.74) is 1.94. The third kappa shape index (κ3) is 3.99. The Hall–Kier alpha value is -1.13. The van der Waals surface area contributed by atoms with Crippen LogP contribution in [0.25, 0.3) is 0 Å². The van der Waals surface area contributed by atoms with E-state index in [9.17, 15) is 18.0 Å². The highest BCUT2D eigenvalue weighted by Crippen LogP contribution is 2.35. The zero-order chi connectivity index (χ0) is 16.5. The van der Waals surface area contributed by atoms with Gasteiger partial charge >= 0.3 is 6.18 Å². The van der Waals surface area contributed by atoms with Gasteiger partial charge in [-0.15, -0.1) is 0 Å². The van der Waals surface area contributed by atoms with Gasteiger partial charge in [-0.2, -0.15) is 18.3 Å². The number of piperazine rings is 1. The largest absolute Gasteiger partial charge is 0.436 e. The van der Waals surface area contributed by atoms with Gasteiger partial charge in [-0.05, 0) is 29.9 Å². The van der Waals surface area contributed by atoms with Crippen molar-refractivity contribution >= 4 is 21.8 Å². The number of likely N-dealkylation sites (N-methyl/N-ethyl adjacent to an activating group) is 1. The Kier molecular flexibility index (Phi) is 5.13. The van der Waals surface area contributed by atoms with Crippen LogP contribution in [0.5, 0.6) is 0 Å². The number of aromatic nitrogens is 2. The number of carbonyl (C=O) groups is 1. The lowest BCUT2D eigenvalue weighted by atomic mass is 10.3. The van der Waals surface area contributed by atoms with Crippen molar-refractivity contribution in [3.63, 3.8) is 0 Å². The summed E-state index contributed by atoms with van der Waals surface area (Å²) in [7, 11) is 1.99. The normalized spacial score (nSPS) is 17.7. The van der Waals surface area contributed by atoms with E-state index in [0.29, 0.717) is 13.1 Å². The van der Waals surface area contributed by atoms with Crippen molar-refractivity contribution in [2.75, 3.05) is 33.2 Å². The zero-order valence-electron chi connectivity index (χ0n) is 12.2. The number of carbonyl (C=O) groups excluding carboxylic acids is 1. The summed E-state index contributed by atoms with van der Waals surface area (Å²) in [6.45, 7) is 4.23. The van der Waals surface area contributed by atoms with Gasteiger partial charge in [0.25, 0.3) is 5.91 Å². The monoisotopic (exact) mass is 383 g/mol. The third-order valence-electron chi connectivity index (χ3n) is 3.48. The van der Waals surface area contributed by atoms with E-state index in [-0.39, 0.29) is 16.7 Å². The van der Waals surface area contributed by atoms with Crippen molar-refractivity contribution in [2.24, 2.45) is 0 Å². The molecule has 0 unspecified atom stereocenters. The van der Waals surface area contributed by atoms with Crippen molar-refractivity contribution in [2.45, 2.75) is 19.6 Å². The number of alkyl halides is 3. The van der Waals surface area contributed by atoms with Gasteiger partial charge in [0.1, 0.15) is 6.54 Å². The van der Waals surface area contributed by atoms with Crippen molar-refractivity contribution in [3.05, 3.63) is 15.9 Å². The second-order valence-corrected chi connectivity index (χ2v) is 6.02. The van der Waals surface area contributed by atoms with Crippen LogP contribution in [0.2, 0.25) is 0 Å². The number of rotatable bonds is 3. The minimum absolute atomic E-state index is 0.132. The van der Waals surface area contributed by atoms with Crippen LogP contribution in [0.1, 0.15) is 11.4 Å². The summed E-state index contributed by atoms with van der Waals surface area (Å²) in [5, 5.41) is 5.25. The van der Waals surface area contributed by atoms with Crippen molar-refractivity contribution in [3.8, 4) is 0 Å². The molecule has 2 rings (SSSR count). The molecule has 1 aromatic rings. The maximum absolute atomic E-state index is 12.8. The average molecular weight is 384 g/mol. The summed E-state index contributed by atoms with van der Waals surface area (Å²) in [5.74, 6) is -0.392. The molecular formula is C12H17BrF3N5O.